The average molecular weight is 244 g/mol. The Morgan fingerprint density at radius 1 is 1.62 bits per heavy atom. The fourth-order valence-corrected chi connectivity index (χ4v) is 1.61. The third kappa shape index (κ3) is 4.26. The van der Waals surface area contributed by atoms with Crippen LogP contribution in [0.2, 0.25) is 0 Å². The number of primary amides is 1. The predicted molar refractivity (Wildman–Crippen MR) is 62.8 cm³/mol. The van der Waals surface area contributed by atoms with Gasteiger partial charge in [0.05, 0.1) is 12.3 Å². The van der Waals surface area contributed by atoms with E-state index in [4.69, 9.17) is 15.3 Å². The number of carbonyl (C=O) groups excluding carboxylic acids is 1. The Balaban J connectivity index is 2.29. The first kappa shape index (κ1) is 13.1. The molecule has 0 aliphatic carbocycles. The third-order valence-corrected chi connectivity index (χ3v) is 2.54. The molecule has 90 valence electrons. The van der Waals surface area contributed by atoms with Crippen LogP contribution in [0, 0.1) is 0 Å². The molecule has 5 nitrogen and oxygen atoms in total. The maximum Gasteiger partial charge on any atom is 0.247 e. The van der Waals surface area contributed by atoms with Gasteiger partial charge in [-0.3, -0.25) is 4.79 Å². The maximum absolute atomic E-state index is 10.5. The lowest BCUT2D eigenvalue weighted by molar-refractivity contribution is -0.125. The normalized spacial score (nSPS) is 12.6. The third-order valence-electron chi connectivity index (χ3n) is 1.97. The van der Waals surface area contributed by atoms with Gasteiger partial charge >= 0.3 is 0 Å². The summed E-state index contributed by atoms with van der Waals surface area (Å²) in [5.41, 5.74) is 4.90. The van der Waals surface area contributed by atoms with Crippen molar-refractivity contribution in [3.8, 4) is 0 Å². The van der Waals surface area contributed by atoms with Gasteiger partial charge in [0, 0.05) is 6.54 Å². The molecule has 1 atom stereocenters. The van der Waals surface area contributed by atoms with E-state index in [0.717, 1.165) is 17.3 Å². The van der Waals surface area contributed by atoms with Crippen molar-refractivity contribution in [2.45, 2.75) is 18.4 Å². The highest BCUT2D eigenvalue weighted by molar-refractivity contribution is 7.97. The molecule has 0 aromatic carbocycles. The summed E-state index contributed by atoms with van der Waals surface area (Å²) < 4.78 is 5.49. The second kappa shape index (κ2) is 6.57. The van der Waals surface area contributed by atoms with Gasteiger partial charge in [0.25, 0.3) is 0 Å². The smallest absolute Gasteiger partial charge is 0.247 e. The molecule has 1 aromatic rings. The Morgan fingerprint density at radius 2 is 2.31 bits per heavy atom. The van der Waals surface area contributed by atoms with Crippen LogP contribution in [0.5, 0.6) is 0 Å². The molecule has 1 heterocycles. The van der Waals surface area contributed by atoms with Crippen LogP contribution in [0.3, 0.4) is 0 Å². The zero-order valence-electron chi connectivity index (χ0n) is 9.10. The lowest BCUT2D eigenvalue weighted by atomic mass is 10.3. The summed E-state index contributed by atoms with van der Waals surface area (Å²) in [4.78, 5) is 10.5. The predicted octanol–water partition coefficient (Wildman–Crippen LogP) is 0.0784. The fourth-order valence-electron chi connectivity index (χ4n) is 1.17. The minimum Gasteiger partial charge on any atom is -0.464 e. The van der Waals surface area contributed by atoms with Crippen LogP contribution in [-0.4, -0.2) is 29.9 Å². The Labute approximate surface area is 98.4 Å². The van der Waals surface area contributed by atoms with Crippen molar-refractivity contribution in [2.75, 3.05) is 12.8 Å². The van der Waals surface area contributed by atoms with E-state index < -0.39 is 12.0 Å². The maximum atomic E-state index is 10.5. The van der Waals surface area contributed by atoms with Gasteiger partial charge in [-0.2, -0.15) is 11.8 Å². The number of aliphatic hydroxyl groups is 1. The van der Waals surface area contributed by atoms with Crippen molar-refractivity contribution < 1.29 is 14.3 Å². The van der Waals surface area contributed by atoms with E-state index in [1.165, 1.54) is 0 Å². The van der Waals surface area contributed by atoms with Gasteiger partial charge in [0.1, 0.15) is 17.6 Å². The highest BCUT2D eigenvalue weighted by atomic mass is 32.2. The summed E-state index contributed by atoms with van der Waals surface area (Å²) in [5.74, 6) is 1.81. The van der Waals surface area contributed by atoms with Crippen LogP contribution in [0.4, 0.5) is 0 Å². The summed E-state index contributed by atoms with van der Waals surface area (Å²) in [6.07, 6.45) is 0.851. The zero-order chi connectivity index (χ0) is 12.0. The first-order chi connectivity index (χ1) is 7.63. The van der Waals surface area contributed by atoms with Gasteiger partial charge in [-0.1, -0.05) is 0 Å². The second-order valence-corrected chi connectivity index (χ2v) is 4.22. The van der Waals surface area contributed by atoms with Crippen molar-refractivity contribution in [3.63, 3.8) is 0 Å². The molecule has 0 spiro atoms. The largest absolute Gasteiger partial charge is 0.464 e. The van der Waals surface area contributed by atoms with Gasteiger partial charge in [-0.15, -0.1) is 0 Å². The molecule has 0 fully saturated rings. The lowest BCUT2D eigenvalue weighted by Crippen LogP contribution is -2.37. The Bertz CT molecular complexity index is 341. The molecule has 4 N–H and O–H groups in total. The highest BCUT2D eigenvalue weighted by Crippen LogP contribution is 2.12. The van der Waals surface area contributed by atoms with E-state index >= 15 is 0 Å². The SMILES string of the molecule is CSCc1ccc(CNCC(O)C(N)=O)o1. The van der Waals surface area contributed by atoms with Crippen molar-refractivity contribution >= 4 is 17.7 Å². The first-order valence-corrected chi connectivity index (χ1v) is 6.27. The molecule has 16 heavy (non-hydrogen) atoms. The Morgan fingerprint density at radius 3 is 2.94 bits per heavy atom. The van der Waals surface area contributed by atoms with E-state index in [0.29, 0.717) is 6.54 Å². The van der Waals surface area contributed by atoms with Crippen LogP contribution in [0.1, 0.15) is 11.5 Å². The molecule has 1 aromatic heterocycles. The number of furan rings is 1. The molecule has 1 rings (SSSR count). The zero-order valence-corrected chi connectivity index (χ0v) is 9.92. The summed E-state index contributed by atoms with van der Waals surface area (Å²) in [6, 6.07) is 3.78. The topological polar surface area (TPSA) is 88.5 Å². The van der Waals surface area contributed by atoms with E-state index in [1.807, 2.05) is 18.4 Å². The second-order valence-electron chi connectivity index (χ2n) is 3.35. The summed E-state index contributed by atoms with van der Waals surface area (Å²) in [5, 5.41) is 12.0. The Hall–Kier alpha value is -0.980. The van der Waals surface area contributed by atoms with Crippen molar-refractivity contribution in [3.05, 3.63) is 23.7 Å². The number of aliphatic hydroxyl groups excluding tert-OH is 1. The molecule has 0 bridgehead atoms. The van der Waals surface area contributed by atoms with Crippen LogP contribution < -0.4 is 11.1 Å². The molecule has 0 radical (unpaired) electrons. The molecule has 0 saturated carbocycles. The van der Waals surface area contributed by atoms with Crippen molar-refractivity contribution in [1.82, 2.24) is 5.32 Å². The highest BCUT2D eigenvalue weighted by Gasteiger charge is 2.10. The molecule has 6 heteroatoms. The van der Waals surface area contributed by atoms with Gasteiger partial charge in [0.15, 0.2) is 0 Å². The minimum atomic E-state index is -1.15. The van der Waals surface area contributed by atoms with Gasteiger partial charge in [0.2, 0.25) is 5.91 Å². The van der Waals surface area contributed by atoms with Crippen LogP contribution in [0.15, 0.2) is 16.5 Å². The average Bonchev–Trinajstić information content (AvgIpc) is 2.66. The molecule has 0 aliphatic heterocycles. The van der Waals surface area contributed by atoms with Crippen LogP contribution in [-0.2, 0) is 17.1 Å². The number of hydrogen-bond acceptors (Lipinski definition) is 5. The van der Waals surface area contributed by atoms with E-state index in [9.17, 15) is 4.79 Å². The van der Waals surface area contributed by atoms with E-state index in [2.05, 4.69) is 5.32 Å². The van der Waals surface area contributed by atoms with Crippen LogP contribution in [0.25, 0.3) is 0 Å². The van der Waals surface area contributed by atoms with Crippen LogP contribution >= 0.6 is 11.8 Å². The molecular weight excluding hydrogens is 228 g/mol. The van der Waals surface area contributed by atoms with Gasteiger partial charge in [-0.05, 0) is 18.4 Å². The number of nitrogens with two attached hydrogens (primary N) is 1. The standard InChI is InChI=1S/C10H16N2O3S/c1-16-6-8-3-2-7(15-8)4-12-5-9(13)10(11)14/h2-3,9,12-13H,4-6H2,1H3,(H2,11,14). The molecule has 0 aliphatic rings. The number of hydrogen-bond donors (Lipinski definition) is 3. The van der Waals surface area contributed by atoms with Gasteiger partial charge < -0.3 is 20.6 Å². The summed E-state index contributed by atoms with van der Waals surface area (Å²) in [6.45, 7) is 0.604. The lowest BCUT2D eigenvalue weighted by Gasteiger charge is -2.06. The fraction of sp³-hybridized carbons (Fsp3) is 0.500. The monoisotopic (exact) mass is 244 g/mol. The number of thioether (sulfide) groups is 1. The summed E-state index contributed by atoms with van der Waals surface area (Å²) >= 11 is 1.69. The number of carbonyl (C=O) groups is 1. The molecule has 1 amide bonds. The summed E-state index contributed by atoms with van der Waals surface area (Å²) in [7, 11) is 0. The van der Waals surface area contributed by atoms with Crippen molar-refractivity contribution in [1.29, 1.82) is 0 Å². The Kier molecular flexibility index (Phi) is 5.37. The molecule has 0 saturated heterocycles. The van der Waals surface area contributed by atoms with Crippen molar-refractivity contribution in [2.24, 2.45) is 5.73 Å². The number of rotatable bonds is 7. The number of nitrogens with one attached hydrogen (secondary N) is 1. The number of amides is 1. The van der Waals surface area contributed by atoms with E-state index in [1.54, 1.807) is 11.8 Å². The molecule has 1 unspecified atom stereocenters. The quantitative estimate of drug-likeness (QED) is 0.632. The van der Waals surface area contributed by atoms with Gasteiger partial charge in [-0.25, -0.2) is 0 Å². The first-order valence-electron chi connectivity index (χ1n) is 4.88. The molecular formula is C10H16N2O3S. The minimum absolute atomic E-state index is 0.133. The van der Waals surface area contributed by atoms with E-state index in [-0.39, 0.29) is 6.54 Å².